The molecule has 2 aromatic heterocycles. The molecule has 1 aromatic carbocycles. The summed E-state index contributed by atoms with van der Waals surface area (Å²) in [7, 11) is 3.97. The Labute approximate surface area is 122 Å². The van der Waals surface area contributed by atoms with E-state index in [0.717, 1.165) is 16.9 Å². The van der Waals surface area contributed by atoms with E-state index in [1.54, 1.807) is 11.3 Å². The number of hydrogen-bond acceptors (Lipinski definition) is 4. The number of para-hydroxylation sites is 1. The minimum atomic E-state index is 0.232. The van der Waals surface area contributed by atoms with Gasteiger partial charge in [0.1, 0.15) is 5.01 Å². The molecule has 0 fully saturated rings. The molecular weight excluding hydrogens is 268 g/mol. The van der Waals surface area contributed by atoms with Crippen LogP contribution in [0.5, 0.6) is 0 Å². The lowest BCUT2D eigenvalue weighted by atomic mass is 10.1. The van der Waals surface area contributed by atoms with Crippen molar-refractivity contribution in [1.29, 1.82) is 0 Å². The lowest BCUT2D eigenvalue weighted by Gasteiger charge is -2.12. The zero-order chi connectivity index (χ0) is 14.1. The van der Waals surface area contributed by atoms with Crippen molar-refractivity contribution < 1.29 is 0 Å². The third-order valence-corrected chi connectivity index (χ3v) is 4.87. The van der Waals surface area contributed by atoms with Gasteiger partial charge in [0.25, 0.3) is 0 Å². The lowest BCUT2D eigenvalue weighted by molar-refractivity contribution is 0.587. The predicted octanol–water partition coefficient (Wildman–Crippen LogP) is 2.84. The summed E-state index contributed by atoms with van der Waals surface area (Å²) in [5.41, 5.74) is 3.56. The van der Waals surface area contributed by atoms with Gasteiger partial charge in [-0.05, 0) is 38.1 Å². The number of likely N-dealkylation sites (N-methyl/N-ethyl adjacent to an activating group) is 1. The van der Waals surface area contributed by atoms with E-state index in [-0.39, 0.29) is 6.04 Å². The monoisotopic (exact) mass is 286 g/mol. The Bertz CT molecular complexity index is 695. The SMILES string of the molecule is CNC(Cc1cnn(C)c1C)c1nc2ccccc2s1. The normalized spacial score (nSPS) is 12.9. The van der Waals surface area contributed by atoms with Gasteiger partial charge >= 0.3 is 0 Å². The summed E-state index contributed by atoms with van der Waals surface area (Å²) in [5.74, 6) is 0. The van der Waals surface area contributed by atoms with Crippen LogP contribution in [-0.2, 0) is 13.5 Å². The number of thiazole rings is 1. The number of nitrogens with zero attached hydrogens (tertiary/aromatic N) is 3. The Morgan fingerprint density at radius 2 is 2.15 bits per heavy atom. The fourth-order valence-corrected chi connectivity index (χ4v) is 3.39. The van der Waals surface area contributed by atoms with Gasteiger partial charge in [0, 0.05) is 12.7 Å². The van der Waals surface area contributed by atoms with E-state index in [9.17, 15) is 0 Å². The molecule has 3 aromatic rings. The predicted molar refractivity (Wildman–Crippen MR) is 83.1 cm³/mol. The Morgan fingerprint density at radius 1 is 1.35 bits per heavy atom. The van der Waals surface area contributed by atoms with Crippen LogP contribution in [0.4, 0.5) is 0 Å². The Hall–Kier alpha value is -1.72. The molecule has 104 valence electrons. The van der Waals surface area contributed by atoms with Gasteiger partial charge in [-0.15, -0.1) is 11.3 Å². The van der Waals surface area contributed by atoms with Gasteiger partial charge in [-0.2, -0.15) is 5.10 Å². The molecule has 0 bridgehead atoms. The second-order valence-corrected chi connectivity index (χ2v) is 6.01. The summed E-state index contributed by atoms with van der Waals surface area (Å²) in [6, 6.07) is 8.51. The van der Waals surface area contributed by atoms with Gasteiger partial charge in [0.15, 0.2) is 0 Å². The van der Waals surface area contributed by atoms with E-state index >= 15 is 0 Å². The Morgan fingerprint density at radius 3 is 2.80 bits per heavy atom. The molecule has 0 aliphatic carbocycles. The van der Waals surface area contributed by atoms with Gasteiger partial charge in [0.2, 0.25) is 0 Å². The van der Waals surface area contributed by atoms with Crippen LogP contribution in [0.2, 0.25) is 0 Å². The molecule has 0 amide bonds. The summed E-state index contributed by atoms with van der Waals surface area (Å²) in [5, 5.41) is 8.82. The fourth-order valence-electron chi connectivity index (χ4n) is 2.32. The third-order valence-electron chi connectivity index (χ3n) is 3.72. The highest BCUT2D eigenvalue weighted by atomic mass is 32.1. The lowest BCUT2D eigenvalue weighted by Crippen LogP contribution is -2.18. The zero-order valence-electron chi connectivity index (χ0n) is 11.9. The molecule has 5 heteroatoms. The van der Waals surface area contributed by atoms with Crippen LogP contribution in [0.15, 0.2) is 30.5 Å². The van der Waals surface area contributed by atoms with Crippen LogP contribution < -0.4 is 5.32 Å². The van der Waals surface area contributed by atoms with Crippen LogP contribution in [0.1, 0.15) is 22.3 Å². The topological polar surface area (TPSA) is 42.7 Å². The van der Waals surface area contributed by atoms with Crippen LogP contribution >= 0.6 is 11.3 Å². The highest BCUT2D eigenvalue weighted by Crippen LogP contribution is 2.28. The van der Waals surface area contributed by atoms with Crippen LogP contribution in [0.25, 0.3) is 10.2 Å². The Kier molecular flexibility index (Phi) is 3.54. The molecule has 1 atom stereocenters. The van der Waals surface area contributed by atoms with E-state index < -0.39 is 0 Å². The first-order chi connectivity index (χ1) is 9.69. The Balaban J connectivity index is 1.91. The average Bonchev–Trinajstić information content (AvgIpc) is 3.02. The number of fused-ring (bicyclic) bond motifs is 1. The molecule has 0 saturated heterocycles. The smallest absolute Gasteiger partial charge is 0.111 e. The number of benzene rings is 1. The largest absolute Gasteiger partial charge is 0.311 e. The second-order valence-electron chi connectivity index (χ2n) is 4.94. The average molecular weight is 286 g/mol. The maximum absolute atomic E-state index is 4.75. The van der Waals surface area contributed by atoms with E-state index in [2.05, 4.69) is 35.5 Å². The highest BCUT2D eigenvalue weighted by molar-refractivity contribution is 7.18. The first-order valence-electron chi connectivity index (χ1n) is 6.69. The van der Waals surface area contributed by atoms with Crippen molar-refractivity contribution in [3.05, 3.63) is 46.7 Å². The molecule has 1 N–H and O–H groups in total. The van der Waals surface area contributed by atoms with E-state index in [1.165, 1.54) is 16.0 Å². The van der Waals surface area contributed by atoms with Gasteiger partial charge < -0.3 is 5.32 Å². The number of hydrogen-bond donors (Lipinski definition) is 1. The van der Waals surface area contributed by atoms with Gasteiger partial charge in [-0.25, -0.2) is 4.98 Å². The van der Waals surface area contributed by atoms with Crippen LogP contribution in [0.3, 0.4) is 0 Å². The van der Waals surface area contributed by atoms with E-state index in [1.807, 2.05) is 31.0 Å². The quantitative estimate of drug-likeness (QED) is 0.802. The molecule has 3 rings (SSSR count). The van der Waals surface area contributed by atoms with E-state index in [4.69, 9.17) is 4.98 Å². The van der Waals surface area contributed by atoms with E-state index in [0.29, 0.717) is 0 Å². The maximum Gasteiger partial charge on any atom is 0.111 e. The van der Waals surface area contributed by atoms with Crippen molar-refractivity contribution in [3.63, 3.8) is 0 Å². The van der Waals surface area contributed by atoms with Crippen LogP contribution in [-0.4, -0.2) is 21.8 Å². The minimum Gasteiger partial charge on any atom is -0.311 e. The summed E-state index contributed by atoms with van der Waals surface area (Å²) in [4.78, 5) is 4.75. The number of aromatic nitrogens is 3. The van der Waals surface area contributed by atoms with Crippen molar-refractivity contribution in [2.45, 2.75) is 19.4 Å². The van der Waals surface area contributed by atoms with Gasteiger partial charge in [0.05, 0.1) is 22.5 Å². The highest BCUT2D eigenvalue weighted by Gasteiger charge is 2.17. The zero-order valence-corrected chi connectivity index (χ0v) is 12.7. The molecule has 1 unspecified atom stereocenters. The standard InChI is InChI=1S/C15H18N4S/c1-10-11(9-17-19(10)3)8-13(16-2)15-18-12-6-4-5-7-14(12)20-15/h4-7,9,13,16H,8H2,1-3H3. The minimum absolute atomic E-state index is 0.232. The van der Waals surface area contributed by atoms with Gasteiger partial charge in [-0.1, -0.05) is 12.1 Å². The maximum atomic E-state index is 4.75. The third kappa shape index (κ3) is 2.34. The number of rotatable bonds is 4. The number of nitrogens with one attached hydrogen (secondary N) is 1. The van der Waals surface area contributed by atoms with Crippen molar-refractivity contribution in [2.75, 3.05) is 7.05 Å². The van der Waals surface area contributed by atoms with Crippen molar-refractivity contribution in [1.82, 2.24) is 20.1 Å². The van der Waals surface area contributed by atoms with Gasteiger partial charge in [-0.3, -0.25) is 4.68 Å². The van der Waals surface area contributed by atoms with Crippen molar-refractivity contribution >= 4 is 21.6 Å². The van der Waals surface area contributed by atoms with Crippen molar-refractivity contribution in [2.24, 2.45) is 7.05 Å². The summed E-state index contributed by atoms with van der Waals surface area (Å²) in [6.07, 6.45) is 2.86. The molecule has 20 heavy (non-hydrogen) atoms. The number of aryl methyl sites for hydroxylation is 1. The molecule has 0 aliphatic rings. The molecule has 2 heterocycles. The molecule has 4 nitrogen and oxygen atoms in total. The summed E-state index contributed by atoms with van der Waals surface area (Å²) < 4.78 is 3.16. The molecule has 0 spiro atoms. The summed E-state index contributed by atoms with van der Waals surface area (Å²) in [6.45, 7) is 2.10. The first-order valence-corrected chi connectivity index (χ1v) is 7.51. The van der Waals surface area contributed by atoms with Crippen molar-refractivity contribution in [3.8, 4) is 0 Å². The molecule has 0 aliphatic heterocycles. The fraction of sp³-hybridized carbons (Fsp3) is 0.333. The molecule has 0 radical (unpaired) electrons. The van der Waals surface area contributed by atoms with Crippen LogP contribution in [0, 0.1) is 6.92 Å². The molecular formula is C15H18N4S. The second kappa shape index (κ2) is 5.34. The first kappa shape index (κ1) is 13.3. The molecule has 0 saturated carbocycles. The summed E-state index contributed by atoms with van der Waals surface area (Å²) >= 11 is 1.76.